The van der Waals surface area contributed by atoms with Crippen LogP contribution in [0, 0.1) is 11.3 Å². The van der Waals surface area contributed by atoms with Crippen LogP contribution in [0.2, 0.25) is 0 Å². The van der Waals surface area contributed by atoms with Crippen LogP contribution in [0.5, 0.6) is 0 Å². The number of hydrogen-bond donors (Lipinski definition) is 0. The van der Waals surface area contributed by atoms with Crippen LogP contribution in [0.3, 0.4) is 0 Å². The van der Waals surface area contributed by atoms with Gasteiger partial charge in [0.25, 0.3) is 0 Å². The number of thioether (sulfide) groups is 1. The van der Waals surface area contributed by atoms with Gasteiger partial charge in [0.05, 0.1) is 0 Å². The molecule has 0 heterocycles. The molecule has 0 aliphatic rings. The van der Waals surface area contributed by atoms with Crippen molar-refractivity contribution in [1.82, 2.24) is 0 Å². The van der Waals surface area contributed by atoms with E-state index in [1.807, 2.05) is 32.5 Å². The highest BCUT2D eigenvalue weighted by atomic mass is 32.2. The van der Waals surface area contributed by atoms with Crippen molar-refractivity contribution < 1.29 is 4.79 Å². The van der Waals surface area contributed by atoms with Crippen LogP contribution in [0.4, 0.5) is 0 Å². The number of rotatable bonds is 4. The first-order chi connectivity index (χ1) is 6.58. The summed E-state index contributed by atoms with van der Waals surface area (Å²) in [6, 6.07) is 0. The van der Waals surface area contributed by atoms with E-state index in [9.17, 15) is 4.79 Å². The average molecular weight is 230 g/mol. The Morgan fingerprint density at radius 2 is 1.60 bits per heavy atom. The van der Waals surface area contributed by atoms with Gasteiger partial charge in [0.2, 0.25) is 0 Å². The molecule has 0 aliphatic carbocycles. The third kappa shape index (κ3) is 6.24. The first kappa shape index (κ1) is 15.0. The van der Waals surface area contributed by atoms with Gasteiger partial charge in [0.15, 0.2) is 0 Å². The minimum atomic E-state index is -0.195. The van der Waals surface area contributed by atoms with E-state index in [0.717, 1.165) is 12.2 Å². The molecule has 0 rings (SSSR count). The smallest absolute Gasteiger partial charge is 0.142 e. The van der Waals surface area contributed by atoms with Crippen molar-refractivity contribution in [2.45, 2.75) is 59.6 Å². The molecule has 2 heteroatoms. The summed E-state index contributed by atoms with van der Waals surface area (Å²) in [7, 11) is 0. The minimum Gasteiger partial charge on any atom is -0.299 e. The van der Waals surface area contributed by atoms with Crippen molar-refractivity contribution in [2.24, 2.45) is 11.3 Å². The molecule has 0 spiro atoms. The number of carbonyl (C=O) groups excluding carboxylic acids is 1. The monoisotopic (exact) mass is 230 g/mol. The number of Topliss-reactive ketones (excluding diaryl/α,β-unsaturated/α-hetero) is 1. The Morgan fingerprint density at radius 1 is 1.13 bits per heavy atom. The molecule has 0 saturated carbocycles. The molecule has 1 nitrogen and oxygen atoms in total. The van der Waals surface area contributed by atoms with Crippen molar-refractivity contribution in [2.75, 3.05) is 5.75 Å². The maximum Gasteiger partial charge on any atom is 0.142 e. The van der Waals surface area contributed by atoms with E-state index in [0.29, 0.717) is 5.78 Å². The van der Waals surface area contributed by atoms with E-state index in [1.165, 1.54) is 0 Å². The summed E-state index contributed by atoms with van der Waals surface area (Å²) < 4.78 is 0.256. The van der Waals surface area contributed by atoms with Gasteiger partial charge in [-0.2, -0.15) is 11.8 Å². The van der Waals surface area contributed by atoms with Crippen LogP contribution in [0.1, 0.15) is 54.9 Å². The van der Waals surface area contributed by atoms with Crippen molar-refractivity contribution in [3.63, 3.8) is 0 Å². The lowest BCUT2D eigenvalue weighted by molar-refractivity contribution is -0.129. The first-order valence-corrected chi connectivity index (χ1v) is 6.74. The summed E-state index contributed by atoms with van der Waals surface area (Å²) in [6.07, 6.45) is 0.958. The van der Waals surface area contributed by atoms with Crippen LogP contribution >= 0.6 is 11.8 Å². The van der Waals surface area contributed by atoms with Gasteiger partial charge in [0.1, 0.15) is 5.78 Å². The first-order valence-electron chi connectivity index (χ1n) is 5.76. The quantitative estimate of drug-likeness (QED) is 0.721. The van der Waals surface area contributed by atoms with Crippen molar-refractivity contribution in [3.05, 3.63) is 0 Å². The van der Waals surface area contributed by atoms with Gasteiger partial charge in [-0.15, -0.1) is 0 Å². The number of carbonyl (C=O) groups is 1. The molecule has 0 aromatic carbocycles. The highest BCUT2D eigenvalue weighted by molar-refractivity contribution is 8.00. The third-order valence-corrected chi connectivity index (χ3v) is 3.76. The lowest BCUT2D eigenvalue weighted by atomic mass is 9.83. The topological polar surface area (TPSA) is 17.1 Å². The van der Waals surface area contributed by atoms with E-state index in [4.69, 9.17) is 0 Å². The minimum absolute atomic E-state index is 0.195. The van der Waals surface area contributed by atoms with Gasteiger partial charge in [-0.05, 0) is 6.42 Å². The second-order valence-electron chi connectivity index (χ2n) is 6.14. The summed E-state index contributed by atoms with van der Waals surface area (Å²) >= 11 is 1.89. The summed E-state index contributed by atoms with van der Waals surface area (Å²) in [4.78, 5) is 12.1. The molecule has 0 bridgehead atoms. The standard InChI is InChI=1S/C13H26OS/c1-8-10(9-15-13(5,6)7)11(14)12(2,3)4/h10H,8-9H2,1-7H3. The molecule has 0 aromatic rings. The molecule has 0 amide bonds. The van der Waals surface area contributed by atoms with Crippen LogP contribution in [0.25, 0.3) is 0 Å². The van der Waals surface area contributed by atoms with E-state index in [1.54, 1.807) is 0 Å². The molecule has 0 radical (unpaired) electrons. The average Bonchev–Trinajstić information content (AvgIpc) is 2.01. The van der Waals surface area contributed by atoms with Gasteiger partial charge in [0, 0.05) is 21.8 Å². The zero-order valence-electron chi connectivity index (χ0n) is 11.3. The molecule has 90 valence electrons. The fourth-order valence-electron chi connectivity index (χ4n) is 1.34. The Labute approximate surface area is 99.4 Å². The molecular formula is C13H26OS. The normalized spacial score (nSPS) is 15.1. The van der Waals surface area contributed by atoms with E-state index in [-0.39, 0.29) is 16.1 Å². The van der Waals surface area contributed by atoms with Gasteiger partial charge in [-0.1, -0.05) is 48.5 Å². The van der Waals surface area contributed by atoms with Crippen LogP contribution in [0.15, 0.2) is 0 Å². The van der Waals surface area contributed by atoms with Crippen LogP contribution in [-0.4, -0.2) is 16.3 Å². The molecule has 0 saturated heterocycles. The number of hydrogen-bond acceptors (Lipinski definition) is 2. The zero-order valence-corrected chi connectivity index (χ0v) is 12.1. The Balaban J connectivity index is 4.33. The molecule has 15 heavy (non-hydrogen) atoms. The Morgan fingerprint density at radius 3 is 1.87 bits per heavy atom. The third-order valence-electron chi connectivity index (χ3n) is 2.32. The van der Waals surface area contributed by atoms with Gasteiger partial charge in [-0.25, -0.2) is 0 Å². The maximum atomic E-state index is 12.1. The van der Waals surface area contributed by atoms with Crippen molar-refractivity contribution >= 4 is 17.5 Å². The fraction of sp³-hybridized carbons (Fsp3) is 0.923. The summed E-state index contributed by atoms with van der Waals surface area (Å²) in [5, 5.41) is 0. The van der Waals surface area contributed by atoms with Crippen molar-refractivity contribution in [3.8, 4) is 0 Å². The zero-order chi connectivity index (χ0) is 12.3. The Bertz CT molecular complexity index is 208. The summed E-state index contributed by atoms with van der Waals surface area (Å²) in [5.41, 5.74) is -0.195. The Kier molecular flexibility index (Phi) is 5.39. The molecule has 1 unspecified atom stereocenters. The van der Waals surface area contributed by atoms with E-state index < -0.39 is 0 Å². The van der Waals surface area contributed by atoms with E-state index in [2.05, 4.69) is 27.7 Å². The highest BCUT2D eigenvalue weighted by Gasteiger charge is 2.29. The lowest BCUT2D eigenvalue weighted by Crippen LogP contribution is -2.30. The van der Waals surface area contributed by atoms with Crippen LogP contribution in [-0.2, 0) is 4.79 Å². The van der Waals surface area contributed by atoms with E-state index >= 15 is 0 Å². The molecule has 0 fully saturated rings. The van der Waals surface area contributed by atoms with Crippen LogP contribution < -0.4 is 0 Å². The van der Waals surface area contributed by atoms with Crippen molar-refractivity contribution in [1.29, 1.82) is 0 Å². The van der Waals surface area contributed by atoms with Gasteiger partial charge < -0.3 is 0 Å². The predicted molar refractivity (Wildman–Crippen MR) is 70.5 cm³/mol. The number of ketones is 1. The summed E-state index contributed by atoms with van der Waals surface area (Å²) in [6.45, 7) is 14.8. The second-order valence-corrected chi connectivity index (χ2v) is 7.99. The largest absolute Gasteiger partial charge is 0.299 e. The molecule has 0 aliphatic heterocycles. The molecule has 0 aromatic heterocycles. The maximum absolute atomic E-state index is 12.1. The van der Waals surface area contributed by atoms with Gasteiger partial charge >= 0.3 is 0 Å². The fourth-order valence-corrected chi connectivity index (χ4v) is 2.43. The second kappa shape index (κ2) is 5.38. The Hall–Kier alpha value is 0.0200. The molecule has 1 atom stereocenters. The summed E-state index contributed by atoms with van der Waals surface area (Å²) in [5.74, 6) is 1.58. The lowest BCUT2D eigenvalue weighted by Gasteiger charge is -2.26. The van der Waals surface area contributed by atoms with Gasteiger partial charge in [-0.3, -0.25) is 4.79 Å². The highest BCUT2D eigenvalue weighted by Crippen LogP contribution is 2.30. The molecular weight excluding hydrogens is 204 g/mol. The predicted octanol–water partition coefficient (Wildman–Crippen LogP) is 4.16. The molecule has 0 N–H and O–H groups in total. The SMILES string of the molecule is CCC(CSC(C)(C)C)C(=O)C(C)(C)C.